The van der Waals surface area contributed by atoms with Gasteiger partial charge < -0.3 is 16.4 Å². The molecule has 0 heterocycles. The fourth-order valence-corrected chi connectivity index (χ4v) is 2.03. The van der Waals surface area contributed by atoms with Gasteiger partial charge in [0.2, 0.25) is 5.91 Å². The second kappa shape index (κ2) is 8.58. The maximum absolute atomic E-state index is 11.8. The number of hydrogen-bond donors (Lipinski definition) is 3. The molecule has 0 saturated carbocycles. The van der Waals surface area contributed by atoms with E-state index in [1.165, 1.54) is 0 Å². The third-order valence-corrected chi connectivity index (χ3v) is 3.41. The molecule has 20 heavy (non-hydrogen) atoms. The summed E-state index contributed by atoms with van der Waals surface area (Å²) in [7, 11) is 0. The Kier molecular flexibility index (Phi) is 7.08. The van der Waals surface area contributed by atoms with Crippen LogP contribution in [0.5, 0.6) is 0 Å². The number of carbonyl (C=O) groups excluding carboxylic acids is 2. The second-order valence-corrected chi connectivity index (χ2v) is 5.50. The quantitative estimate of drug-likeness (QED) is 0.665. The van der Waals surface area contributed by atoms with Gasteiger partial charge >= 0.3 is 6.03 Å². The van der Waals surface area contributed by atoms with Crippen molar-refractivity contribution in [3.63, 3.8) is 0 Å². The Hall–Kier alpha value is -1.56. The van der Waals surface area contributed by atoms with Crippen molar-refractivity contribution in [3.05, 3.63) is 34.3 Å². The summed E-state index contributed by atoms with van der Waals surface area (Å²) in [4.78, 5) is 22.2. The van der Waals surface area contributed by atoms with Gasteiger partial charge in [-0.25, -0.2) is 4.79 Å². The standard InChI is InChI=1S/C14H20BrN3O2/c1-10(11-5-7-12(15)8-6-11)18-13(19)4-2-3-9-17-14(16)20/h5-8,10H,2-4,9H2,1H3,(H,18,19)(H3,16,17,20). The lowest BCUT2D eigenvalue weighted by atomic mass is 10.1. The van der Waals surface area contributed by atoms with Gasteiger partial charge in [-0.1, -0.05) is 28.1 Å². The number of unbranched alkanes of at least 4 members (excludes halogenated alkanes) is 1. The van der Waals surface area contributed by atoms with Crippen LogP contribution in [0.15, 0.2) is 28.7 Å². The van der Waals surface area contributed by atoms with Crippen molar-refractivity contribution in [2.45, 2.75) is 32.2 Å². The fourth-order valence-electron chi connectivity index (χ4n) is 1.77. The smallest absolute Gasteiger partial charge is 0.312 e. The van der Waals surface area contributed by atoms with Crippen LogP contribution in [-0.4, -0.2) is 18.5 Å². The van der Waals surface area contributed by atoms with Gasteiger partial charge in [-0.05, 0) is 37.5 Å². The van der Waals surface area contributed by atoms with E-state index in [-0.39, 0.29) is 11.9 Å². The molecule has 1 atom stereocenters. The normalized spacial score (nSPS) is 11.7. The number of nitrogens with two attached hydrogens (primary N) is 1. The first kappa shape index (κ1) is 16.5. The number of urea groups is 1. The van der Waals surface area contributed by atoms with Crippen LogP contribution in [-0.2, 0) is 4.79 Å². The number of hydrogen-bond acceptors (Lipinski definition) is 2. The molecule has 1 unspecified atom stereocenters. The van der Waals surface area contributed by atoms with Crippen LogP contribution < -0.4 is 16.4 Å². The third-order valence-electron chi connectivity index (χ3n) is 2.88. The van der Waals surface area contributed by atoms with E-state index in [4.69, 9.17) is 5.73 Å². The Bertz CT molecular complexity index is 448. The van der Waals surface area contributed by atoms with Crippen LogP contribution in [0.2, 0.25) is 0 Å². The molecule has 1 aromatic carbocycles. The minimum absolute atomic E-state index is 0.0134. The minimum atomic E-state index is -0.529. The zero-order valence-corrected chi connectivity index (χ0v) is 13.1. The van der Waals surface area contributed by atoms with E-state index < -0.39 is 6.03 Å². The molecular formula is C14H20BrN3O2. The molecule has 0 aromatic heterocycles. The van der Waals surface area contributed by atoms with E-state index in [0.717, 1.165) is 22.9 Å². The van der Waals surface area contributed by atoms with E-state index in [1.807, 2.05) is 31.2 Å². The van der Waals surface area contributed by atoms with E-state index in [9.17, 15) is 9.59 Å². The molecule has 1 rings (SSSR count). The third kappa shape index (κ3) is 6.56. The van der Waals surface area contributed by atoms with Crippen molar-refractivity contribution in [3.8, 4) is 0 Å². The largest absolute Gasteiger partial charge is 0.352 e. The van der Waals surface area contributed by atoms with Crippen LogP contribution in [0.25, 0.3) is 0 Å². The molecule has 0 aliphatic carbocycles. The maximum atomic E-state index is 11.8. The number of carbonyl (C=O) groups is 2. The molecule has 0 bridgehead atoms. The van der Waals surface area contributed by atoms with Crippen molar-refractivity contribution in [2.75, 3.05) is 6.54 Å². The van der Waals surface area contributed by atoms with E-state index in [0.29, 0.717) is 13.0 Å². The van der Waals surface area contributed by atoms with E-state index in [1.54, 1.807) is 0 Å². The van der Waals surface area contributed by atoms with Crippen LogP contribution >= 0.6 is 15.9 Å². The molecular weight excluding hydrogens is 322 g/mol. The lowest BCUT2D eigenvalue weighted by molar-refractivity contribution is -0.121. The van der Waals surface area contributed by atoms with Gasteiger partial charge in [0.1, 0.15) is 0 Å². The zero-order chi connectivity index (χ0) is 15.0. The molecule has 6 heteroatoms. The number of nitrogens with one attached hydrogen (secondary N) is 2. The van der Waals surface area contributed by atoms with Crippen molar-refractivity contribution in [2.24, 2.45) is 5.73 Å². The Balaban J connectivity index is 2.24. The molecule has 1 aromatic rings. The topological polar surface area (TPSA) is 84.2 Å². The summed E-state index contributed by atoms with van der Waals surface area (Å²) < 4.78 is 1.02. The highest BCUT2D eigenvalue weighted by molar-refractivity contribution is 9.10. The first-order valence-corrected chi connectivity index (χ1v) is 7.36. The molecule has 0 spiro atoms. The minimum Gasteiger partial charge on any atom is -0.352 e. The number of amides is 3. The van der Waals surface area contributed by atoms with Gasteiger partial charge in [0, 0.05) is 17.4 Å². The van der Waals surface area contributed by atoms with Crippen LogP contribution in [0, 0.1) is 0 Å². The summed E-state index contributed by atoms with van der Waals surface area (Å²) in [5.41, 5.74) is 6.01. The van der Waals surface area contributed by atoms with Gasteiger partial charge in [-0.15, -0.1) is 0 Å². The monoisotopic (exact) mass is 341 g/mol. The van der Waals surface area contributed by atoms with Crippen LogP contribution in [0.4, 0.5) is 4.79 Å². The summed E-state index contributed by atoms with van der Waals surface area (Å²) in [5.74, 6) is 0.0134. The first-order chi connectivity index (χ1) is 9.49. The molecule has 0 saturated heterocycles. The maximum Gasteiger partial charge on any atom is 0.312 e. The Morgan fingerprint density at radius 1 is 1.25 bits per heavy atom. The summed E-state index contributed by atoms with van der Waals surface area (Å²) >= 11 is 3.38. The first-order valence-electron chi connectivity index (χ1n) is 6.57. The highest BCUT2D eigenvalue weighted by Crippen LogP contribution is 2.16. The molecule has 110 valence electrons. The number of primary amides is 1. The Labute approximate surface area is 127 Å². The van der Waals surface area contributed by atoms with Gasteiger partial charge in [-0.2, -0.15) is 0 Å². The molecule has 0 fully saturated rings. The van der Waals surface area contributed by atoms with E-state index >= 15 is 0 Å². The SMILES string of the molecule is CC(NC(=O)CCCCNC(N)=O)c1ccc(Br)cc1. The average molecular weight is 342 g/mol. The van der Waals surface area contributed by atoms with Gasteiger partial charge in [0.15, 0.2) is 0 Å². The summed E-state index contributed by atoms with van der Waals surface area (Å²) in [6.45, 7) is 2.46. The van der Waals surface area contributed by atoms with Crippen molar-refractivity contribution < 1.29 is 9.59 Å². The fraction of sp³-hybridized carbons (Fsp3) is 0.429. The predicted octanol–water partition coefficient (Wildman–Crippen LogP) is 2.46. The Morgan fingerprint density at radius 3 is 2.50 bits per heavy atom. The molecule has 0 radical (unpaired) electrons. The molecule has 5 nitrogen and oxygen atoms in total. The van der Waals surface area contributed by atoms with Gasteiger partial charge in [-0.3, -0.25) is 4.79 Å². The number of rotatable bonds is 7. The van der Waals surface area contributed by atoms with Gasteiger partial charge in [0.05, 0.1) is 6.04 Å². The summed E-state index contributed by atoms with van der Waals surface area (Å²) in [5, 5.41) is 5.44. The zero-order valence-electron chi connectivity index (χ0n) is 11.5. The average Bonchev–Trinajstić information content (AvgIpc) is 2.38. The van der Waals surface area contributed by atoms with Crippen LogP contribution in [0.1, 0.15) is 37.8 Å². The summed E-state index contributed by atoms with van der Waals surface area (Å²) in [6.07, 6.45) is 1.91. The molecule has 4 N–H and O–H groups in total. The number of benzene rings is 1. The predicted molar refractivity (Wildman–Crippen MR) is 82.1 cm³/mol. The molecule has 0 aliphatic rings. The second-order valence-electron chi connectivity index (χ2n) is 4.59. The highest BCUT2D eigenvalue weighted by atomic mass is 79.9. The molecule has 3 amide bonds. The molecule has 0 aliphatic heterocycles. The van der Waals surface area contributed by atoms with Crippen molar-refractivity contribution in [1.82, 2.24) is 10.6 Å². The number of halogens is 1. The lowest BCUT2D eigenvalue weighted by Crippen LogP contribution is -2.30. The summed E-state index contributed by atoms with van der Waals surface area (Å²) in [6, 6.07) is 7.32. The van der Waals surface area contributed by atoms with Crippen molar-refractivity contribution >= 4 is 27.9 Å². The van der Waals surface area contributed by atoms with Crippen LogP contribution in [0.3, 0.4) is 0 Å². The van der Waals surface area contributed by atoms with Gasteiger partial charge in [0.25, 0.3) is 0 Å². The highest BCUT2D eigenvalue weighted by Gasteiger charge is 2.09. The lowest BCUT2D eigenvalue weighted by Gasteiger charge is -2.14. The van der Waals surface area contributed by atoms with Crippen molar-refractivity contribution in [1.29, 1.82) is 0 Å². The van der Waals surface area contributed by atoms with E-state index in [2.05, 4.69) is 26.6 Å². The Morgan fingerprint density at radius 2 is 1.90 bits per heavy atom.